The van der Waals surface area contributed by atoms with Crippen molar-refractivity contribution in [1.82, 2.24) is 4.90 Å². The molecule has 3 heteroatoms. The van der Waals surface area contributed by atoms with Crippen LogP contribution >= 0.6 is 0 Å². The number of hydrogen-bond donors (Lipinski definition) is 1. The number of benzene rings is 1. The molecule has 0 aromatic heterocycles. The Bertz CT molecular complexity index is 377. The van der Waals surface area contributed by atoms with E-state index in [1.54, 1.807) is 12.1 Å². The van der Waals surface area contributed by atoms with Gasteiger partial charge in [0.25, 0.3) is 0 Å². The summed E-state index contributed by atoms with van der Waals surface area (Å²) >= 11 is 0. The molecule has 0 saturated carbocycles. The van der Waals surface area contributed by atoms with Gasteiger partial charge in [0.15, 0.2) is 0 Å². The molecule has 100 valence electrons. The minimum absolute atomic E-state index is 0.0264. The molecule has 3 unspecified atom stereocenters. The van der Waals surface area contributed by atoms with Gasteiger partial charge >= 0.3 is 0 Å². The molecule has 0 radical (unpaired) electrons. The molecular formula is C15H23FN2. The molecule has 2 nitrogen and oxygen atoms in total. The largest absolute Gasteiger partial charge is 0.323 e. The van der Waals surface area contributed by atoms with Crippen LogP contribution in [0, 0.1) is 11.7 Å². The Morgan fingerprint density at radius 1 is 1.33 bits per heavy atom. The molecular weight excluding hydrogens is 227 g/mol. The van der Waals surface area contributed by atoms with Gasteiger partial charge in [-0.1, -0.05) is 19.1 Å². The van der Waals surface area contributed by atoms with E-state index in [0.717, 1.165) is 24.6 Å². The van der Waals surface area contributed by atoms with Crippen LogP contribution in [0.4, 0.5) is 4.39 Å². The molecule has 0 bridgehead atoms. The van der Waals surface area contributed by atoms with Crippen LogP contribution in [0.5, 0.6) is 0 Å². The minimum atomic E-state index is -0.203. The Morgan fingerprint density at radius 2 is 2.00 bits per heavy atom. The topological polar surface area (TPSA) is 29.3 Å². The summed E-state index contributed by atoms with van der Waals surface area (Å²) in [5.74, 6) is 0.615. The fraction of sp³-hybridized carbons (Fsp3) is 0.600. The highest BCUT2D eigenvalue weighted by Gasteiger charge is 2.24. The van der Waals surface area contributed by atoms with Crippen molar-refractivity contribution in [2.75, 3.05) is 13.1 Å². The van der Waals surface area contributed by atoms with Crippen LogP contribution < -0.4 is 5.73 Å². The summed E-state index contributed by atoms with van der Waals surface area (Å²) in [6.45, 7) is 6.57. The third-order valence-corrected chi connectivity index (χ3v) is 4.01. The Hall–Kier alpha value is -0.930. The highest BCUT2D eigenvalue weighted by molar-refractivity contribution is 5.19. The molecule has 0 amide bonds. The number of nitrogens with two attached hydrogens (primary N) is 1. The van der Waals surface area contributed by atoms with Gasteiger partial charge in [-0.3, -0.25) is 4.90 Å². The molecule has 18 heavy (non-hydrogen) atoms. The van der Waals surface area contributed by atoms with Gasteiger partial charge in [-0.25, -0.2) is 4.39 Å². The first-order chi connectivity index (χ1) is 8.56. The maximum Gasteiger partial charge on any atom is 0.123 e. The SMILES string of the molecule is CC1CCN(CC(N)c2ccc(F)cc2)C(C)C1. The first kappa shape index (κ1) is 13.5. The van der Waals surface area contributed by atoms with Crippen molar-refractivity contribution in [3.05, 3.63) is 35.6 Å². The summed E-state index contributed by atoms with van der Waals surface area (Å²) in [4.78, 5) is 2.45. The Balaban J connectivity index is 1.94. The number of rotatable bonds is 3. The third kappa shape index (κ3) is 3.30. The van der Waals surface area contributed by atoms with Crippen LogP contribution in [-0.2, 0) is 0 Å². The lowest BCUT2D eigenvalue weighted by molar-refractivity contribution is 0.122. The van der Waals surface area contributed by atoms with Crippen molar-refractivity contribution in [3.8, 4) is 0 Å². The van der Waals surface area contributed by atoms with Gasteiger partial charge in [-0.05, 0) is 49.9 Å². The lowest BCUT2D eigenvalue weighted by Crippen LogP contribution is -2.43. The van der Waals surface area contributed by atoms with Gasteiger partial charge in [-0.2, -0.15) is 0 Å². The average Bonchev–Trinajstić information content (AvgIpc) is 2.33. The van der Waals surface area contributed by atoms with E-state index in [1.807, 2.05) is 0 Å². The van der Waals surface area contributed by atoms with Crippen molar-refractivity contribution in [2.24, 2.45) is 11.7 Å². The first-order valence-electron chi connectivity index (χ1n) is 6.81. The zero-order chi connectivity index (χ0) is 13.1. The smallest absolute Gasteiger partial charge is 0.123 e. The lowest BCUT2D eigenvalue weighted by Gasteiger charge is -2.37. The van der Waals surface area contributed by atoms with Gasteiger partial charge in [0, 0.05) is 18.6 Å². The van der Waals surface area contributed by atoms with E-state index in [0.29, 0.717) is 6.04 Å². The van der Waals surface area contributed by atoms with E-state index in [9.17, 15) is 4.39 Å². The van der Waals surface area contributed by atoms with Gasteiger partial charge in [0.1, 0.15) is 5.82 Å². The predicted octanol–water partition coefficient (Wildman–Crippen LogP) is 2.95. The molecule has 0 aliphatic carbocycles. The molecule has 0 spiro atoms. The fourth-order valence-electron chi connectivity index (χ4n) is 2.80. The first-order valence-corrected chi connectivity index (χ1v) is 6.81. The van der Waals surface area contributed by atoms with Crippen LogP contribution in [0.1, 0.15) is 38.3 Å². The third-order valence-electron chi connectivity index (χ3n) is 4.01. The van der Waals surface area contributed by atoms with E-state index in [4.69, 9.17) is 5.73 Å². The summed E-state index contributed by atoms with van der Waals surface area (Å²) in [5.41, 5.74) is 7.22. The molecule has 1 fully saturated rings. The van der Waals surface area contributed by atoms with E-state index < -0.39 is 0 Å². The van der Waals surface area contributed by atoms with Gasteiger partial charge in [-0.15, -0.1) is 0 Å². The van der Waals surface area contributed by atoms with Gasteiger partial charge < -0.3 is 5.73 Å². The molecule has 2 N–H and O–H groups in total. The van der Waals surface area contributed by atoms with Crippen LogP contribution in [-0.4, -0.2) is 24.0 Å². The summed E-state index contributed by atoms with van der Waals surface area (Å²) in [5, 5.41) is 0. The summed E-state index contributed by atoms with van der Waals surface area (Å²) in [6, 6.07) is 7.11. The van der Waals surface area contributed by atoms with Crippen molar-refractivity contribution in [3.63, 3.8) is 0 Å². The number of halogens is 1. The van der Waals surface area contributed by atoms with Crippen LogP contribution in [0.3, 0.4) is 0 Å². The zero-order valence-electron chi connectivity index (χ0n) is 11.3. The van der Waals surface area contributed by atoms with Crippen LogP contribution in [0.25, 0.3) is 0 Å². The molecule has 2 rings (SSSR count). The van der Waals surface area contributed by atoms with Crippen molar-refractivity contribution >= 4 is 0 Å². The highest BCUT2D eigenvalue weighted by Crippen LogP contribution is 2.24. The van der Waals surface area contributed by atoms with Crippen LogP contribution in [0.15, 0.2) is 24.3 Å². The van der Waals surface area contributed by atoms with Crippen molar-refractivity contribution < 1.29 is 4.39 Å². The number of nitrogens with zero attached hydrogens (tertiary/aromatic N) is 1. The molecule has 3 atom stereocenters. The normalized spacial score (nSPS) is 27.1. The van der Waals surface area contributed by atoms with E-state index >= 15 is 0 Å². The van der Waals surface area contributed by atoms with E-state index in [1.165, 1.54) is 25.0 Å². The number of likely N-dealkylation sites (tertiary alicyclic amines) is 1. The standard InChI is InChI=1S/C15H23FN2/c1-11-7-8-18(12(2)9-11)10-15(17)13-3-5-14(16)6-4-13/h3-6,11-12,15H,7-10,17H2,1-2H3. The number of hydrogen-bond acceptors (Lipinski definition) is 2. The lowest BCUT2D eigenvalue weighted by atomic mass is 9.92. The molecule has 1 heterocycles. The zero-order valence-corrected chi connectivity index (χ0v) is 11.3. The molecule has 1 aliphatic rings. The maximum absolute atomic E-state index is 12.9. The fourth-order valence-corrected chi connectivity index (χ4v) is 2.80. The molecule has 1 aromatic carbocycles. The summed E-state index contributed by atoms with van der Waals surface area (Å²) in [6.07, 6.45) is 2.50. The van der Waals surface area contributed by atoms with E-state index in [-0.39, 0.29) is 11.9 Å². The second-order valence-corrected chi connectivity index (χ2v) is 5.63. The monoisotopic (exact) mass is 250 g/mol. The quantitative estimate of drug-likeness (QED) is 0.893. The van der Waals surface area contributed by atoms with Crippen molar-refractivity contribution in [2.45, 2.75) is 38.8 Å². The Kier molecular flexibility index (Phi) is 4.36. The molecule has 1 aliphatic heterocycles. The van der Waals surface area contributed by atoms with Gasteiger partial charge in [0.05, 0.1) is 0 Å². The second kappa shape index (κ2) is 5.81. The Morgan fingerprint density at radius 3 is 2.61 bits per heavy atom. The highest BCUT2D eigenvalue weighted by atomic mass is 19.1. The second-order valence-electron chi connectivity index (χ2n) is 5.63. The molecule has 1 saturated heterocycles. The van der Waals surface area contributed by atoms with Gasteiger partial charge in [0.2, 0.25) is 0 Å². The summed E-state index contributed by atoms with van der Waals surface area (Å²) < 4.78 is 12.9. The summed E-state index contributed by atoms with van der Waals surface area (Å²) in [7, 11) is 0. The predicted molar refractivity (Wildman–Crippen MR) is 72.8 cm³/mol. The maximum atomic E-state index is 12.9. The minimum Gasteiger partial charge on any atom is -0.323 e. The van der Waals surface area contributed by atoms with Crippen LogP contribution in [0.2, 0.25) is 0 Å². The average molecular weight is 250 g/mol. The molecule has 1 aromatic rings. The number of piperidine rings is 1. The van der Waals surface area contributed by atoms with Crippen molar-refractivity contribution in [1.29, 1.82) is 0 Å². The Labute approximate surface area is 109 Å². The van der Waals surface area contributed by atoms with E-state index in [2.05, 4.69) is 18.7 Å².